The lowest BCUT2D eigenvalue weighted by Crippen LogP contribution is -1.75. The zero-order chi connectivity index (χ0) is 64.1. The lowest BCUT2D eigenvalue weighted by Gasteiger charge is -1.79. The van der Waals surface area contributed by atoms with Crippen molar-refractivity contribution in [2.45, 2.75) is 201 Å². The summed E-state index contributed by atoms with van der Waals surface area (Å²) in [4.78, 5) is 18.5. The van der Waals surface area contributed by atoms with Gasteiger partial charge < -0.3 is 36.6 Å². The molecule has 2 N–H and O–H groups in total. The molecule has 0 aliphatic carbocycles. The van der Waals surface area contributed by atoms with Gasteiger partial charge in [0.1, 0.15) is 24.0 Å². The number of thiophene rings is 2. The normalized spacial score (nSPS) is 7.38. The summed E-state index contributed by atoms with van der Waals surface area (Å²) in [6.45, 7) is 57.7. The maximum atomic E-state index is 4.83. The molecule has 0 radical (unpaired) electrons. The van der Waals surface area contributed by atoms with Crippen molar-refractivity contribution in [2.24, 2.45) is 7.05 Å². The van der Waals surface area contributed by atoms with Crippen LogP contribution in [0.15, 0.2) is 192 Å². The van der Waals surface area contributed by atoms with Crippen LogP contribution in [0.3, 0.4) is 0 Å². The number of furan rings is 2. The van der Waals surface area contributed by atoms with Crippen LogP contribution in [0.1, 0.15) is 189 Å². The van der Waals surface area contributed by atoms with E-state index in [1.807, 2.05) is 264 Å². The molecular weight excluding hydrogens is 1030 g/mol. The molecule has 0 aromatic carbocycles. The average Bonchev–Trinajstić information content (AvgIpc) is 4.32. The first-order chi connectivity index (χ1) is 38.9. The fourth-order valence-electron chi connectivity index (χ4n) is 3.48. The summed E-state index contributed by atoms with van der Waals surface area (Å²) in [5.41, 5.74) is 5.97. The van der Waals surface area contributed by atoms with Crippen molar-refractivity contribution in [3.63, 3.8) is 0 Å². The van der Waals surface area contributed by atoms with Crippen molar-refractivity contribution in [1.29, 1.82) is 0 Å². The number of hydrogen-bond donors (Lipinski definition) is 2. The third kappa shape index (κ3) is 88.1. The first-order valence-electron chi connectivity index (χ1n) is 28.7. The summed E-state index contributed by atoms with van der Waals surface area (Å²) < 4.78 is 25.6. The van der Waals surface area contributed by atoms with Crippen molar-refractivity contribution in [1.82, 2.24) is 29.5 Å². The van der Waals surface area contributed by atoms with Crippen molar-refractivity contribution in [2.75, 3.05) is 0 Å². The van der Waals surface area contributed by atoms with Gasteiger partial charge in [-0.15, -0.1) is 11.3 Å². The highest BCUT2D eigenvalue weighted by molar-refractivity contribution is 7.09. The molecule has 0 amide bonds. The van der Waals surface area contributed by atoms with Gasteiger partial charge >= 0.3 is 0 Å². The van der Waals surface area contributed by atoms with Gasteiger partial charge in [0, 0.05) is 55.5 Å². The van der Waals surface area contributed by atoms with Gasteiger partial charge in [0.25, 0.3) is 0 Å². The van der Waals surface area contributed by atoms with Gasteiger partial charge in [0.15, 0.2) is 18.7 Å². The monoisotopic (exact) mass is 1150 g/mol. The van der Waals surface area contributed by atoms with E-state index >= 15 is 0 Å². The molecule has 10 aromatic heterocycles. The van der Waals surface area contributed by atoms with Crippen LogP contribution in [0.4, 0.5) is 0 Å². The maximum Gasteiger partial charge on any atom is 0.190 e. The van der Waals surface area contributed by atoms with E-state index < -0.39 is 0 Å². The maximum absolute atomic E-state index is 4.83. The highest BCUT2D eigenvalue weighted by atomic mass is 32.1. The van der Waals surface area contributed by atoms with E-state index in [0.29, 0.717) is 0 Å². The van der Waals surface area contributed by atoms with Crippen LogP contribution in [0.2, 0.25) is 0 Å². The third-order valence-electron chi connectivity index (χ3n) is 6.58. The van der Waals surface area contributed by atoms with E-state index in [0.717, 1.165) is 23.1 Å². The second kappa shape index (κ2) is 91.9. The van der Waals surface area contributed by atoms with E-state index in [1.54, 1.807) is 73.3 Å². The SMILES string of the molecule is CC.CC.CC.CC.CC.CC.CC.CC.CC.CC.Cc1cc[nH]c1.Cc1ccc[nH]1.Cc1ccco1.Cc1cccs1.Cc1ccoc1.Cc1ccsc1.Cc1cnco1.Cc1cocn1.Cc1ncco1.Cn1cccc1. The lowest BCUT2D eigenvalue weighted by molar-refractivity contribution is 0.521. The van der Waals surface area contributed by atoms with Crippen molar-refractivity contribution < 1.29 is 22.1 Å². The predicted octanol–water partition coefficient (Wildman–Crippen LogP) is 24.2. The van der Waals surface area contributed by atoms with E-state index in [2.05, 4.69) is 84.4 Å². The van der Waals surface area contributed by atoms with E-state index in [-0.39, 0.29) is 0 Å². The molecule has 0 bridgehead atoms. The van der Waals surface area contributed by atoms with Gasteiger partial charge in [-0.05, 0) is 149 Å². The number of aryl methyl sites for hydroxylation is 10. The summed E-state index contributed by atoms with van der Waals surface area (Å²) in [5.74, 6) is 2.54. The van der Waals surface area contributed by atoms with Crippen molar-refractivity contribution >= 4 is 22.7 Å². The largest absolute Gasteiger partial charge is 0.472 e. The van der Waals surface area contributed by atoms with Gasteiger partial charge in [-0.3, -0.25) is 0 Å². The molecule has 11 nitrogen and oxygen atoms in total. The fourth-order valence-corrected chi connectivity index (χ4v) is 4.68. The predicted molar refractivity (Wildman–Crippen MR) is 359 cm³/mol. The van der Waals surface area contributed by atoms with Gasteiger partial charge in [-0.25, -0.2) is 15.0 Å². The second-order valence-electron chi connectivity index (χ2n) is 12.4. The van der Waals surface area contributed by atoms with Gasteiger partial charge in [0.2, 0.25) is 0 Å². The van der Waals surface area contributed by atoms with E-state index in [4.69, 9.17) is 17.7 Å². The smallest absolute Gasteiger partial charge is 0.190 e. The standard InChI is InChI=1S/3C5H7N.2C5H6O.2C5H6S.3C4H5NO.10C2H6/c1-5-2-3-6-4-5;1-6-4-2-3-5-6;1-5-3-2-4-6-5;1-5-2-3-6-4-5;1-5-3-2-4-6-5;1-5-2-3-6-4-5;1-5-3-2-4-6-5;1-4-2-6-3-5-4;1-4-2-5-3-6-4;1-4-5-2-3-6-4;10*1-2/h2-4,6H,1H3;2-5H,1H3;2-4,6H,1H3;4*2-4H,1H3;3*2-3H,1H3;10*1-2H3. The molecule has 0 fully saturated rings. The highest BCUT2D eigenvalue weighted by Gasteiger charge is 1.80. The van der Waals surface area contributed by atoms with Crippen molar-refractivity contribution in [3.05, 3.63) is 221 Å². The number of nitrogens with one attached hydrogen (secondary N) is 2. The van der Waals surface area contributed by atoms with E-state index in [1.165, 1.54) is 40.0 Å². The Morgan fingerprint density at radius 1 is 0.475 bits per heavy atom. The first-order valence-corrected chi connectivity index (χ1v) is 30.6. The molecule has 10 aromatic rings. The summed E-state index contributed by atoms with van der Waals surface area (Å²) in [7, 11) is 2.00. The number of H-pyrrole nitrogens is 2. The minimum absolute atomic E-state index is 0.718. The third-order valence-corrected chi connectivity index (χ3v) is 8.18. The summed E-state index contributed by atoms with van der Waals surface area (Å²) in [5, 5.41) is 6.28. The molecule has 460 valence electrons. The Hall–Kier alpha value is -6.57. The molecule has 0 saturated heterocycles. The minimum atomic E-state index is 0.718. The molecule has 0 aliphatic heterocycles. The molecule has 0 aliphatic rings. The van der Waals surface area contributed by atoms with Gasteiger partial charge in [-0.2, -0.15) is 11.3 Å². The van der Waals surface area contributed by atoms with Crippen LogP contribution in [-0.2, 0) is 7.05 Å². The number of nitrogens with zero attached hydrogens (tertiary/aromatic N) is 4. The molecule has 0 unspecified atom stereocenters. The van der Waals surface area contributed by atoms with Crippen LogP contribution in [0.25, 0.3) is 0 Å². The number of aromatic amines is 2. The first kappa shape index (κ1) is 95.7. The second-order valence-corrected chi connectivity index (χ2v) is 14.4. The molecular formula is C67H120N6O5S2. The summed E-state index contributed by atoms with van der Waals surface area (Å²) in [6.07, 6.45) is 24.1. The van der Waals surface area contributed by atoms with Crippen LogP contribution in [0.5, 0.6) is 0 Å². The molecule has 0 saturated carbocycles. The Labute approximate surface area is 500 Å². The number of rotatable bonds is 0. The Morgan fingerprint density at radius 3 is 1.20 bits per heavy atom. The quantitative estimate of drug-likeness (QED) is 0.153. The van der Waals surface area contributed by atoms with Crippen molar-refractivity contribution in [3.8, 4) is 0 Å². The Bertz CT molecular complexity index is 1640. The Balaban J connectivity index is -0.0000000822. The average molecular weight is 1150 g/mol. The lowest BCUT2D eigenvalue weighted by atomic mass is 10.4. The summed E-state index contributed by atoms with van der Waals surface area (Å²) >= 11 is 3.52. The number of aromatic nitrogens is 6. The molecule has 0 atom stereocenters. The Morgan fingerprint density at radius 2 is 1.07 bits per heavy atom. The molecule has 10 heterocycles. The molecule has 10 rings (SSSR count). The van der Waals surface area contributed by atoms with Crippen LogP contribution < -0.4 is 0 Å². The topological polar surface area (TPSA) is 141 Å². The zero-order valence-electron chi connectivity index (χ0n) is 56.3. The minimum Gasteiger partial charge on any atom is -0.472 e. The number of hydrogen-bond acceptors (Lipinski definition) is 10. The van der Waals surface area contributed by atoms with Crippen LogP contribution in [0, 0.1) is 62.3 Å². The molecule has 13 heteroatoms. The van der Waals surface area contributed by atoms with E-state index in [9.17, 15) is 0 Å². The number of oxazole rings is 3. The fraction of sp³-hybridized carbons (Fsp3) is 0.448. The summed E-state index contributed by atoms with van der Waals surface area (Å²) in [6, 6.07) is 22.0. The van der Waals surface area contributed by atoms with Gasteiger partial charge in [0.05, 0.1) is 36.9 Å². The van der Waals surface area contributed by atoms with Crippen LogP contribution >= 0.6 is 22.7 Å². The molecule has 0 spiro atoms. The van der Waals surface area contributed by atoms with Gasteiger partial charge in [-0.1, -0.05) is 145 Å². The Kier molecular flexibility index (Phi) is 110. The zero-order valence-corrected chi connectivity index (χ0v) is 57.9. The molecule has 80 heavy (non-hydrogen) atoms. The van der Waals surface area contributed by atoms with Crippen LogP contribution in [-0.4, -0.2) is 29.5 Å². The highest BCUT2D eigenvalue weighted by Crippen LogP contribution is 2.04.